The van der Waals surface area contributed by atoms with Gasteiger partial charge in [0.1, 0.15) is 10.0 Å². The summed E-state index contributed by atoms with van der Waals surface area (Å²) in [6, 6.07) is 10.7. The van der Waals surface area contributed by atoms with Crippen LogP contribution in [0.1, 0.15) is 12.8 Å². The molecule has 3 aromatic rings. The molecule has 0 unspecified atom stereocenters. The number of benzene rings is 1. The van der Waals surface area contributed by atoms with E-state index in [0.29, 0.717) is 18.0 Å². The molecule has 1 fully saturated rings. The summed E-state index contributed by atoms with van der Waals surface area (Å²) in [6.07, 6.45) is 2.32. The van der Waals surface area contributed by atoms with Crippen molar-refractivity contribution in [1.29, 1.82) is 0 Å². The van der Waals surface area contributed by atoms with Crippen LogP contribution in [0.25, 0.3) is 10.2 Å². The first-order chi connectivity index (χ1) is 13.4. The molecule has 1 saturated heterocycles. The maximum Gasteiger partial charge on any atom is 0.246 e. The number of nitrogens with one attached hydrogen (secondary N) is 1. The highest BCUT2D eigenvalue weighted by atomic mass is 35.5. The highest BCUT2D eigenvalue weighted by Crippen LogP contribution is 2.29. The van der Waals surface area contributed by atoms with Crippen LogP contribution in [-0.2, 0) is 14.8 Å². The summed E-state index contributed by atoms with van der Waals surface area (Å²) in [5, 5.41) is 3.38. The maximum absolute atomic E-state index is 12.8. The molecule has 0 atom stereocenters. The van der Waals surface area contributed by atoms with Crippen molar-refractivity contribution in [3.05, 3.63) is 47.7 Å². The topological polar surface area (TPSA) is 92.3 Å². The van der Waals surface area contributed by atoms with Crippen molar-refractivity contribution >= 4 is 54.2 Å². The molecule has 2 aromatic heterocycles. The summed E-state index contributed by atoms with van der Waals surface area (Å²) in [7, 11) is -3.72. The van der Waals surface area contributed by atoms with Crippen LogP contribution in [-0.4, -0.2) is 41.7 Å². The Morgan fingerprint density at radius 2 is 1.93 bits per heavy atom. The molecule has 0 radical (unpaired) electrons. The molecule has 4 rings (SSSR count). The van der Waals surface area contributed by atoms with Crippen molar-refractivity contribution in [3.8, 4) is 0 Å². The summed E-state index contributed by atoms with van der Waals surface area (Å²) in [6.45, 7) is 0.511. The number of hydrogen-bond donors (Lipinski definition) is 1. The minimum absolute atomic E-state index is 0.00551. The second kappa shape index (κ2) is 7.75. The number of carbonyl (C=O) groups is 1. The summed E-state index contributed by atoms with van der Waals surface area (Å²) < 4.78 is 27.9. The largest absolute Gasteiger partial charge is 0.302 e. The average Bonchev–Trinajstić information content (AvgIpc) is 3.10. The Balaban J connectivity index is 1.41. The Kier molecular flexibility index (Phi) is 5.33. The molecule has 1 aliphatic heterocycles. The van der Waals surface area contributed by atoms with Gasteiger partial charge in [0.25, 0.3) is 0 Å². The van der Waals surface area contributed by atoms with E-state index in [9.17, 15) is 13.2 Å². The lowest BCUT2D eigenvalue weighted by molar-refractivity contribution is -0.120. The molecule has 0 bridgehead atoms. The number of rotatable bonds is 4. The minimum atomic E-state index is -3.72. The summed E-state index contributed by atoms with van der Waals surface area (Å²) in [4.78, 5) is 20.8. The zero-order chi connectivity index (χ0) is 19.7. The van der Waals surface area contributed by atoms with E-state index in [-0.39, 0.29) is 35.0 Å². The number of pyridine rings is 1. The minimum Gasteiger partial charge on any atom is -0.302 e. The molecule has 7 nitrogen and oxygen atoms in total. The summed E-state index contributed by atoms with van der Waals surface area (Å²) in [5.74, 6) is -0.390. The van der Waals surface area contributed by atoms with Crippen LogP contribution in [0, 0.1) is 5.92 Å². The third kappa shape index (κ3) is 3.75. The van der Waals surface area contributed by atoms with Crippen LogP contribution in [0.3, 0.4) is 0 Å². The normalized spacial score (nSPS) is 16.3. The van der Waals surface area contributed by atoms with E-state index < -0.39 is 10.0 Å². The standard InChI is InChI=1S/C18H17ClN4O3S2/c19-16-15(6-3-9-20-16)28(25,26)23-10-7-12(8-11-23)17(24)22-18-21-13-4-1-2-5-14(13)27-18/h1-6,9,12H,7-8,10-11H2,(H,21,22,24). The number of hydrogen-bond acceptors (Lipinski definition) is 6. The molecule has 3 heterocycles. The number of thiazole rings is 1. The van der Waals surface area contributed by atoms with Crippen LogP contribution in [0.15, 0.2) is 47.5 Å². The fourth-order valence-electron chi connectivity index (χ4n) is 3.19. The van der Waals surface area contributed by atoms with Gasteiger partial charge in [0.05, 0.1) is 10.2 Å². The number of halogens is 1. The van der Waals surface area contributed by atoms with Gasteiger partial charge in [-0.15, -0.1) is 0 Å². The Morgan fingerprint density at radius 3 is 2.64 bits per heavy atom. The van der Waals surface area contributed by atoms with Gasteiger partial charge in [0.15, 0.2) is 5.13 Å². The molecule has 1 aromatic carbocycles. The van der Waals surface area contributed by atoms with Gasteiger partial charge in [-0.3, -0.25) is 4.79 Å². The number of anilines is 1. The Bertz CT molecular complexity index is 1090. The van der Waals surface area contributed by atoms with Crippen molar-refractivity contribution in [2.45, 2.75) is 17.7 Å². The van der Waals surface area contributed by atoms with Crippen molar-refractivity contribution < 1.29 is 13.2 Å². The highest BCUT2D eigenvalue weighted by Gasteiger charge is 2.33. The number of nitrogens with zero attached hydrogens (tertiary/aromatic N) is 3. The average molecular weight is 437 g/mol. The van der Waals surface area contributed by atoms with Gasteiger partial charge in [-0.2, -0.15) is 4.31 Å². The summed E-state index contributed by atoms with van der Waals surface area (Å²) >= 11 is 7.37. The van der Waals surface area contributed by atoms with Gasteiger partial charge < -0.3 is 5.32 Å². The van der Waals surface area contributed by atoms with E-state index in [1.807, 2.05) is 24.3 Å². The van der Waals surface area contributed by atoms with E-state index in [0.717, 1.165) is 10.2 Å². The number of amides is 1. The second-order valence-electron chi connectivity index (χ2n) is 6.45. The molecule has 10 heteroatoms. The monoisotopic (exact) mass is 436 g/mol. The molecule has 0 aliphatic carbocycles. The molecular weight excluding hydrogens is 420 g/mol. The van der Waals surface area contributed by atoms with Gasteiger partial charge >= 0.3 is 0 Å². The lowest BCUT2D eigenvalue weighted by atomic mass is 9.97. The molecule has 1 aliphatic rings. The van der Waals surface area contributed by atoms with E-state index in [4.69, 9.17) is 11.6 Å². The first kappa shape index (κ1) is 19.3. The van der Waals surface area contributed by atoms with Gasteiger partial charge in [-0.1, -0.05) is 35.1 Å². The molecule has 28 heavy (non-hydrogen) atoms. The zero-order valence-electron chi connectivity index (χ0n) is 14.7. The highest BCUT2D eigenvalue weighted by molar-refractivity contribution is 7.89. The van der Waals surface area contributed by atoms with Crippen LogP contribution in [0.5, 0.6) is 0 Å². The molecule has 0 saturated carbocycles. The third-order valence-electron chi connectivity index (χ3n) is 4.69. The predicted molar refractivity (Wildman–Crippen MR) is 109 cm³/mol. The number of para-hydroxylation sites is 1. The fraction of sp³-hybridized carbons (Fsp3) is 0.278. The molecule has 146 valence electrons. The van der Waals surface area contributed by atoms with Crippen molar-refractivity contribution in [3.63, 3.8) is 0 Å². The third-order valence-corrected chi connectivity index (χ3v) is 7.99. The number of sulfonamides is 1. The smallest absolute Gasteiger partial charge is 0.246 e. The van der Waals surface area contributed by atoms with Crippen LogP contribution in [0.2, 0.25) is 5.15 Å². The number of aromatic nitrogens is 2. The number of fused-ring (bicyclic) bond motifs is 1. The van der Waals surface area contributed by atoms with Crippen LogP contribution >= 0.6 is 22.9 Å². The van der Waals surface area contributed by atoms with Gasteiger partial charge in [0.2, 0.25) is 15.9 Å². The SMILES string of the molecule is O=C(Nc1nc2ccccc2s1)C1CCN(S(=O)(=O)c2cccnc2Cl)CC1. The van der Waals surface area contributed by atoms with Gasteiger partial charge in [-0.05, 0) is 37.1 Å². The quantitative estimate of drug-likeness (QED) is 0.633. The lowest BCUT2D eigenvalue weighted by Crippen LogP contribution is -2.41. The Hall–Kier alpha value is -2.07. The molecule has 1 N–H and O–H groups in total. The van der Waals surface area contributed by atoms with Crippen molar-refractivity contribution in [2.75, 3.05) is 18.4 Å². The second-order valence-corrected chi connectivity index (χ2v) is 9.74. The van der Waals surface area contributed by atoms with E-state index >= 15 is 0 Å². The fourth-order valence-corrected chi connectivity index (χ4v) is 5.96. The van der Waals surface area contributed by atoms with Crippen LogP contribution < -0.4 is 5.32 Å². The lowest BCUT2D eigenvalue weighted by Gasteiger charge is -2.30. The first-order valence-electron chi connectivity index (χ1n) is 8.72. The van der Waals surface area contributed by atoms with Gasteiger partial charge in [0, 0.05) is 25.2 Å². The van der Waals surface area contributed by atoms with Crippen molar-refractivity contribution in [2.24, 2.45) is 5.92 Å². The number of piperidine rings is 1. The predicted octanol–water partition coefficient (Wildman–Crippen LogP) is 3.38. The summed E-state index contributed by atoms with van der Waals surface area (Å²) in [5.41, 5.74) is 0.845. The van der Waals surface area contributed by atoms with Crippen molar-refractivity contribution in [1.82, 2.24) is 14.3 Å². The Labute approximate surface area is 171 Å². The van der Waals surface area contributed by atoms with Crippen LogP contribution in [0.4, 0.5) is 5.13 Å². The molecular formula is C18H17ClN4O3S2. The van der Waals surface area contributed by atoms with E-state index in [1.54, 1.807) is 0 Å². The van der Waals surface area contributed by atoms with Gasteiger partial charge in [-0.25, -0.2) is 18.4 Å². The number of carbonyl (C=O) groups excluding carboxylic acids is 1. The van der Waals surface area contributed by atoms with E-state index in [1.165, 1.54) is 34.0 Å². The zero-order valence-corrected chi connectivity index (χ0v) is 17.1. The maximum atomic E-state index is 12.8. The molecule has 1 amide bonds. The van der Waals surface area contributed by atoms with E-state index in [2.05, 4.69) is 15.3 Å². The first-order valence-corrected chi connectivity index (χ1v) is 11.4. The molecule has 0 spiro atoms. The Morgan fingerprint density at radius 1 is 1.18 bits per heavy atom.